The molecule has 0 saturated carbocycles. The SMILES string of the molecule is CC(C)(C)CCCC(C)(C)c1ccc(O)cc1O. The minimum atomic E-state index is -0.0664. The number of benzene rings is 1. The van der Waals surface area contributed by atoms with Crippen molar-refractivity contribution in [1.82, 2.24) is 0 Å². The Morgan fingerprint density at radius 1 is 0.944 bits per heavy atom. The van der Waals surface area contributed by atoms with Crippen molar-refractivity contribution in [1.29, 1.82) is 0 Å². The fourth-order valence-electron chi connectivity index (χ4n) is 2.29. The summed E-state index contributed by atoms with van der Waals surface area (Å²) in [5.41, 5.74) is 1.20. The zero-order valence-electron chi connectivity index (χ0n) is 12.2. The zero-order chi connectivity index (χ0) is 14.0. The molecule has 0 bridgehead atoms. The van der Waals surface area contributed by atoms with Gasteiger partial charge < -0.3 is 10.2 Å². The van der Waals surface area contributed by atoms with Gasteiger partial charge >= 0.3 is 0 Å². The summed E-state index contributed by atoms with van der Waals surface area (Å²) in [6.07, 6.45) is 3.34. The highest BCUT2D eigenvalue weighted by Gasteiger charge is 2.24. The van der Waals surface area contributed by atoms with E-state index in [4.69, 9.17) is 0 Å². The molecule has 0 unspecified atom stereocenters. The van der Waals surface area contributed by atoms with Crippen LogP contribution in [0.3, 0.4) is 0 Å². The van der Waals surface area contributed by atoms with E-state index in [0.29, 0.717) is 5.41 Å². The molecule has 0 amide bonds. The first-order valence-corrected chi connectivity index (χ1v) is 6.64. The Bertz CT molecular complexity index is 400. The largest absolute Gasteiger partial charge is 0.508 e. The molecule has 0 atom stereocenters. The third kappa shape index (κ3) is 4.25. The van der Waals surface area contributed by atoms with E-state index >= 15 is 0 Å². The van der Waals surface area contributed by atoms with Crippen LogP contribution in [0.4, 0.5) is 0 Å². The maximum absolute atomic E-state index is 9.93. The van der Waals surface area contributed by atoms with Crippen LogP contribution < -0.4 is 0 Å². The topological polar surface area (TPSA) is 40.5 Å². The van der Waals surface area contributed by atoms with Crippen LogP contribution in [0.25, 0.3) is 0 Å². The quantitative estimate of drug-likeness (QED) is 0.820. The average molecular weight is 250 g/mol. The minimum absolute atomic E-state index is 0.0664. The molecule has 2 heteroatoms. The first-order valence-electron chi connectivity index (χ1n) is 6.64. The predicted octanol–water partition coefficient (Wildman–Crippen LogP) is 4.59. The second kappa shape index (κ2) is 5.21. The molecule has 0 heterocycles. The molecule has 0 fully saturated rings. The van der Waals surface area contributed by atoms with Gasteiger partial charge in [0.15, 0.2) is 0 Å². The van der Waals surface area contributed by atoms with Gasteiger partial charge in [0.25, 0.3) is 0 Å². The van der Waals surface area contributed by atoms with Gasteiger partial charge in [-0.25, -0.2) is 0 Å². The van der Waals surface area contributed by atoms with Crippen molar-refractivity contribution in [2.24, 2.45) is 5.41 Å². The summed E-state index contributed by atoms with van der Waals surface area (Å²) in [5.74, 6) is 0.303. The lowest BCUT2D eigenvalue weighted by Gasteiger charge is -2.28. The van der Waals surface area contributed by atoms with Gasteiger partial charge in [0.1, 0.15) is 11.5 Å². The van der Waals surface area contributed by atoms with Gasteiger partial charge in [-0.3, -0.25) is 0 Å². The lowest BCUT2D eigenvalue weighted by atomic mass is 9.77. The molecule has 18 heavy (non-hydrogen) atoms. The Labute approximate surface area is 111 Å². The van der Waals surface area contributed by atoms with E-state index < -0.39 is 0 Å². The van der Waals surface area contributed by atoms with Gasteiger partial charge in [-0.2, -0.15) is 0 Å². The van der Waals surface area contributed by atoms with E-state index in [1.807, 2.05) is 6.07 Å². The predicted molar refractivity (Wildman–Crippen MR) is 76.1 cm³/mol. The summed E-state index contributed by atoms with van der Waals surface area (Å²) in [4.78, 5) is 0. The van der Waals surface area contributed by atoms with E-state index in [1.54, 1.807) is 6.07 Å². The number of hydrogen-bond donors (Lipinski definition) is 2. The van der Waals surface area contributed by atoms with Crippen LogP contribution in [-0.2, 0) is 5.41 Å². The molecule has 2 nitrogen and oxygen atoms in total. The Morgan fingerprint density at radius 2 is 1.56 bits per heavy atom. The van der Waals surface area contributed by atoms with Crippen molar-refractivity contribution in [2.45, 2.75) is 59.3 Å². The molecule has 1 rings (SSSR count). The molecular formula is C16H26O2. The maximum Gasteiger partial charge on any atom is 0.122 e. The van der Waals surface area contributed by atoms with Crippen molar-refractivity contribution in [3.05, 3.63) is 23.8 Å². The number of phenolic OH excluding ortho intramolecular Hbond substituents is 2. The lowest BCUT2D eigenvalue weighted by Crippen LogP contribution is -2.18. The molecule has 1 aromatic carbocycles. The second-order valence-electron chi connectivity index (χ2n) is 7.00. The summed E-state index contributed by atoms with van der Waals surface area (Å²) in [7, 11) is 0. The first-order chi connectivity index (χ1) is 8.12. The molecular weight excluding hydrogens is 224 g/mol. The second-order valence-corrected chi connectivity index (χ2v) is 7.00. The molecule has 0 saturated heterocycles. The van der Waals surface area contributed by atoms with Crippen LogP contribution >= 0.6 is 0 Å². The Morgan fingerprint density at radius 3 is 2.06 bits per heavy atom. The van der Waals surface area contributed by atoms with Gasteiger partial charge in [0.05, 0.1) is 0 Å². The standard InChI is InChI=1S/C16H26O2/c1-15(2,3)9-6-10-16(4,5)13-8-7-12(17)11-14(13)18/h7-8,11,17-18H,6,9-10H2,1-5H3. The van der Waals surface area contributed by atoms with Crippen LogP contribution in [0.2, 0.25) is 0 Å². The summed E-state index contributed by atoms with van der Waals surface area (Å²) >= 11 is 0. The third-order valence-electron chi connectivity index (χ3n) is 3.44. The zero-order valence-corrected chi connectivity index (χ0v) is 12.2. The number of hydrogen-bond acceptors (Lipinski definition) is 2. The van der Waals surface area contributed by atoms with Gasteiger partial charge in [-0.15, -0.1) is 0 Å². The molecule has 0 radical (unpaired) electrons. The van der Waals surface area contributed by atoms with E-state index in [2.05, 4.69) is 34.6 Å². The summed E-state index contributed by atoms with van der Waals surface area (Å²) in [6, 6.07) is 4.88. The maximum atomic E-state index is 9.93. The Balaban J connectivity index is 2.73. The van der Waals surface area contributed by atoms with E-state index in [0.717, 1.165) is 18.4 Å². The highest BCUT2D eigenvalue weighted by molar-refractivity contribution is 5.42. The molecule has 2 N–H and O–H groups in total. The molecule has 0 aromatic heterocycles. The van der Waals surface area contributed by atoms with E-state index in [9.17, 15) is 10.2 Å². The smallest absolute Gasteiger partial charge is 0.122 e. The summed E-state index contributed by atoms with van der Waals surface area (Å²) < 4.78 is 0. The van der Waals surface area contributed by atoms with Gasteiger partial charge in [0, 0.05) is 6.07 Å². The molecule has 0 aliphatic rings. The highest BCUT2D eigenvalue weighted by Crippen LogP contribution is 2.37. The minimum Gasteiger partial charge on any atom is -0.508 e. The van der Waals surface area contributed by atoms with Crippen molar-refractivity contribution in [2.75, 3.05) is 0 Å². The normalized spacial score (nSPS) is 12.7. The monoisotopic (exact) mass is 250 g/mol. The Kier molecular flexibility index (Phi) is 4.31. The van der Waals surface area contributed by atoms with Gasteiger partial charge in [-0.05, 0) is 35.3 Å². The van der Waals surface area contributed by atoms with Crippen molar-refractivity contribution in [3.63, 3.8) is 0 Å². The molecule has 0 spiro atoms. The van der Waals surface area contributed by atoms with Crippen LogP contribution in [-0.4, -0.2) is 10.2 Å². The van der Waals surface area contributed by atoms with Gasteiger partial charge in [0.2, 0.25) is 0 Å². The average Bonchev–Trinajstić information content (AvgIpc) is 2.13. The summed E-state index contributed by atoms with van der Waals surface area (Å²) in [6.45, 7) is 11.0. The molecule has 1 aromatic rings. The Hall–Kier alpha value is -1.18. The van der Waals surface area contributed by atoms with Crippen LogP contribution in [0, 0.1) is 5.41 Å². The highest BCUT2D eigenvalue weighted by atomic mass is 16.3. The van der Waals surface area contributed by atoms with Crippen LogP contribution in [0.15, 0.2) is 18.2 Å². The first kappa shape index (κ1) is 14.9. The fraction of sp³-hybridized carbons (Fsp3) is 0.625. The van der Waals surface area contributed by atoms with Crippen LogP contribution in [0.1, 0.15) is 59.4 Å². The fourth-order valence-corrected chi connectivity index (χ4v) is 2.29. The number of aromatic hydroxyl groups is 2. The molecule has 102 valence electrons. The third-order valence-corrected chi connectivity index (χ3v) is 3.44. The van der Waals surface area contributed by atoms with Gasteiger partial charge in [-0.1, -0.05) is 47.1 Å². The molecule has 0 aliphatic carbocycles. The van der Waals surface area contributed by atoms with Crippen LogP contribution in [0.5, 0.6) is 11.5 Å². The van der Waals surface area contributed by atoms with E-state index in [1.165, 1.54) is 12.5 Å². The molecule has 0 aliphatic heterocycles. The lowest BCUT2D eigenvalue weighted by molar-refractivity contribution is 0.329. The number of phenols is 2. The van der Waals surface area contributed by atoms with Crippen molar-refractivity contribution in [3.8, 4) is 11.5 Å². The van der Waals surface area contributed by atoms with E-state index in [-0.39, 0.29) is 16.9 Å². The van der Waals surface area contributed by atoms with Crippen molar-refractivity contribution >= 4 is 0 Å². The van der Waals surface area contributed by atoms with Crippen molar-refractivity contribution < 1.29 is 10.2 Å². The number of rotatable bonds is 4. The summed E-state index contributed by atoms with van der Waals surface area (Å²) in [5, 5.41) is 19.3.